The normalized spacial score (nSPS) is 20.2. The van der Waals surface area contributed by atoms with Crippen LogP contribution in [0.2, 0.25) is 0 Å². The molecule has 0 radical (unpaired) electrons. The quantitative estimate of drug-likeness (QED) is 0.763. The van der Waals surface area contributed by atoms with E-state index < -0.39 is 27.8 Å². The number of piperazine rings is 1. The largest absolute Gasteiger partial charge is 0.494 e. The van der Waals surface area contributed by atoms with Crippen LogP contribution in [0.4, 0.5) is 4.39 Å². The summed E-state index contributed by atoms with van der Waals surface area (Å²) >= 11 is 0. The number of hydrogen-bond donors (Lipinski definition) is 2. The molecule has 21 heavy (non-hydrogen) atoms. The van der Waals surface area contributed by atoms with Gasteiger partial charge in [0, 0.05) is 19.6 Å². The van der Waals surface area contributed by atoms with Crippen LogP contribution < -0.4 is 15.8 Å². The summed E-state index contributed by atoms with van der Waals surface area (Å²) < 4.78 is 44.5. The fraction of sp³-hybridized carbons (Fsp3) is 0.417. The predicted molar refractivity (Wildman–Crippen MR) is 72.7 cm³/mol. The number of amides is 1. The van der Waals surface area contributed by atoms with Crippen molar-refractivity contribution in [1.29, 1.82) is 0 Å². The van der Waals surface area contributed by atoms with E-state index >= 15 is 0 Å². The number of nitrogens with one attached hydrogen (secondary N) is 1. The molecule has 1 saturated heterocycles. The van der Waals surface area contributed by atoms with Crippen LogP contribution in [0.1, 0.15) is 0 Å². The summed E-state index contributed by atoms with van der Waals surface area (Å²) in [4.78, 5) is 11.2. The highest BCUT2D eigenvalue weighted by Gasteiger charge is 2.36. The zero-order chi connectivity index (χ0) is 15.6. The first-order valence-electron chi connectivity index (χ1n) is 6.23. The number of carbonyl (C=O) groups excluding carboxylic acids is 1. The van der Waals surface area contributed by atoms with Gasteiger partial charge in [0.05, 0.1) is 12.0 Å². The van der Waals surface area contributed by atoms with Gasteiger partial charge in [-0.05, 0) is 18.2 Å². The summed E-state index contributed by atoms with van der Waals surface area (Å²) in [5, 5.41) is 2.90. The Labute approximate surface area is 121 Å². The van der Waals surface area contributed by atoms with Crippen molar-refractivity contribution in [2.75, 3.05) is 26.7 Å². The standard InChI is InChI=1S/C12H16FN3O4S/c1-20-11-3-2-8(6-9(11)13)21(18,19)16-5-4-15-7-10(16)12(14)17/h2-3,6,10,15H,4-5,7H2,1H3,(H2,14,17). The average Bonchev–Trinajstić information content (AvgIpc) is 2.47. The summed E-state index contributed by atoms with van der Waals surface area (Å²) in [6, 6.07) is 2.34. The molecule has 0 spiro atoms. The van der Waals surface area contributed by atoms with Crippen molar-refractivity contribution >= 4 is 15.9 Å². The maximum atomic E-state index is 13.7. The second-order valence-electron chi connectivity index (χ2n) is 4.53. The van der Waals surface area contributed by atoms with Crippen molar-refractivity contribution in [1.82, 2.24) is 9.62 Å². The lowest BCUT2D eigenvalue weighted by molar-refractivity contribution is -0.122. The monoisotopic (exact) mass is 317 g/mol. The molecule has 0 aromatic heterocycles. The van der Waals surface area contributed by atoms with Crippen molar-refractivity contribution in [3.8, 4) is 5.75 Å². The van der Waals surface area contributed by atoms with Gasteiger partial charge in [0.1, 0.15) is 6.04 Å². The summed E-state index contributed by atoms with van der Waals surface area (Å²) in [6.45, 7) is 0.610. The molecule has 1 fully saturated rings. The number of sulfonamides is 1. The van der Waals surface area contributed by atoms with Crippen LogP contribution >= 0.6 is 0 Å². The zero-order valence-corrected chi connectivity index (χ0v) is 12.2. The zero-order valence-electron chi connectivity index (χ0n) is 11.4. The first kappa shape index (κ1) is 15.7. The number of ether oxygens (including phenoxy) is 1. The van der Waals surface area contributed by atoms with Crippen molar-refractivity contribution in [3.05, 3.63) is 24.0 Å². The SMILES string of the molecule is COc1ccc(S(=O)(=O)N2CCNCC2C(N)=O)cc1F. The minimum atomic E-state index is -4.01. The van der Waals surface area contributed by atoms with Crippen molar-refractivity contribution in [2.45, 2.75) is 10.9 Å². The average molecular weight is 317 g/mol. The Morgan fingerprint density at radius 2 is 2.24 bits per heavy atom. The molecule has 1 unspecified atom stereocenters. The second-order valence-corrected chi connectivity index (χ2v) is 6.42. The molecule has 1 aromatic rings. The number of carbonyl (C=O) groups is 1. The fourth-order valence-corrected chi connectivity index (χ4v) is 3.77. The van der Waals surface area contributed by atoms with Gasteiger partial charge in [-0.2, -0.15) is 4.31 Å². The second kappa shape index (κ2) is 5.96. The molecule has 1 aliphatic rings. The molecule has 9 heteroatoms. The summed E-state index contributed by atoms with van der Waals surface area (Å²) in [7, 11) is -2.72. The Hall–Kier alpha value is -1.71. The van der Waals surface area contributed by atoms with E-state index in [4.69, 9.17) is 10.5 Å². The highest BCUT2D eigenvalue weighted by atomic mass is 32.2. The van der Waals surface area contributed by atoms with Gasteiger partial charge in [0.15, 0.2) is 11.6 Å². The van der Waals surface area contributed by atoms with Crippen molar-refractivity contribution in [3.63, 3.8) is 0 Å². The number of methoxy groups -OCH3 is 1. The Bertz CT molecular complexity index is 650. The van der Waals surface area contributed by atoms with Crippen molar-refractivity contribution in [2.24, 2.45) is 5.73 Å². The number of rotatable bonds is 4. The molecule has 0 bridgehead atoms. The number of nitrogens with zero attached hydrogens (tertiary/aromatic N) is 1. The first-order valence-corrected chi connectivity index (χ1v) is 7.67. The lowest BCUT2D eigenvalue weighted by Gasteiger charge is -2.33. The molecule has 1 aliphatic heterocycles. The van der Waals surface area contributed by atoms with Gasteiger partial charge in [-0.3, -0.25) is 4.79 Å². The van der Waals surface area contributed by atoms with Crippen molar-refractivity contribution < 1.29 is 22.3 Å². The van der Waals surface area contributed by atoms with Crippen LogP contribution in [0.25, 0.3) is 0 Å². The van der Waals surface area contributed by atoms with Gasteiger partial charge >= 0.3 is 0 Å². The Balaban J connectivity index is 2.40. The van der Waals surface area contributed by atoms with Crippen LogP contribution in [0.15, 0.2) is 23.1 Å². The fourth-order valence-electron chi connectivity index (χ4n) is 2.16. The van der Waals surface area contributed by atoms with Crippen LogP contribution in [-0.4, -0.2) is 51.4 Å². The van der Waals surface area contributed by atoms with Crippen LogP contribution in [0.3, 0.4) is 0 Å². The van der Waals surface area contributed by atoms with Gasteiger partial charge in [0.2, 0.25) is 15.9 Å². The smallest absolute Gasteiger partial charge is 0.243 e. The first-order chi connectivity index (χ1) is 9.87. The number of primary amides is 1. The number of nitrogens with two attached hydrogens (primary N) is 1. The molecular formula is C12H16FN3O4S. The van der Waals surface area contributed by atoms with Crippen LogP contribution in [-0.2, 0) is 14.8 Å². The van der Waals surface area contributed by atoms with E-state index in [0.717, 1.165) is 10.4 Å². The minimum absolute atomic E-state index is 0.0549. The summed E-state index contributed by atoms with van der Waals surface area (Å²) in [6.07, 6.45) is 0. The van der Waals surface area contributed by atoms with E-state index in [2.05, 4.69) is 5.32 Å². The van der Waals surface area contributed by atoms with Crippen LogP contribution in [0.5, 0.6) is 5.75 Å². The molecule has 7 nitrogen and oxygen atoms in total. The number of hydrogen-bond acceptors (Lipinski definition) is 5. The minimum Gasteiger partial charge on any atom is -0.494 e. The topological polar surface area (TPSA) is 102 Å². The van der Waals surface area contributed by atoms with E-state index in [1.165, 1.54) is 19.2 Å². The molecule has 0 saturated carbocycles. The summed E-state index contributed by atoms with van der Waals surface area (Å²) in [5.74, 6) is -1.59. The number of benzene rings is 1. The third-order valence-electron chi connectivity index (χ3n) is 3.25. The third-order valence-corrected chi connectivity index (χ3v) is 5.16. The molecule has 1 amide bonds. The molecule has 0 aliphatic carbocycles. The van der Waals surface area contributed by atoms with E-state index in [0.29, 0.717) is 6.54 Å². The van der Waals surface area contributed by atoms with Gasteiger partial charge in [-0.15, -0.1) is 0 Å². The lowest BCUT2D eigenvalue weighted by atomic mass is 10.2. The van der Waals surface area contributed by atoms with E-state index in [1.54, 1.807) is 0 Å². The van der Waals surface area contributed by atoms with Gasteiger partial charge in [0.25, 0.3) is 0 Å². The maximum Gasteiger partial charge on any atom is 0.243 e. The molecule has 3 N–H and O–H groups in total. The van der Waals surface area contributed by atoms with Crippen LogP contribution in [0, 0.1) is 5.82 Å². The highest BCUT2D eigenvalue weighted by molar-refractivity contribution is 7.89. The Morgan fingerprint density at radius 1 is 1.52 bits per heavy atom. The van der Waals surface area contributed by atoms with E-state index in [9.17, 15) is 17.6 Å². The number of halogens is 1. The molecule has 116 valence electrons. The predicted octanol–water partition coefficient (Wildman–Crippen LogP) is -0.718. The molecule has 1 atom stereocenters. The van der Waals surface area contributed by atoms with Gasteiger partial charge in [-0.1, -0.05) is 0 Å². The Morgan fingerprint density at radius 3 is 2.81 bits per heavy atom. The molecule has 1 aromatic carbocycles. The van der Waals surface area contributed by atoms with E-state index in [-0.39, 0.29) is 23.7 Å². The lowest BCUT2D eigenvalue weighted by Crippen LogP contribution is -2.58. The van der Waals surface area contributed by atoms with Gasteiger partial charge in [-0.25, -0.2) is 12.8 Å². The highest BCUT2D eigenvalue weighted by Crippen LogP contribution is 2.24. The Kier molecular flexibility index (Phi) is 4.45. The maximum absolute atomic E-state index is 13.7. The molecular weight excluding hydrogens is 301 g/mol. The third kappa shape index (κ3) is 2.99. The molecule has 1 heterocycles. The molecule has 2 rings (SSSR count). The summed E-state index contributed by atoms with van der Waals surface area (Å²) in [5.41, 5.74) is 5.23. The van der Waals surface area contributed by atoms with Gasteiger partial charge < -0.3 is 15.8 Å². The van der Waals surface area contributed by atoms with E-state index in [1.807, 2.05) is 0 Å².